The summed E-state index contributed by atoms with van der Waals surface area (Å²) in [5, 5.41) is 4.75. The van der Waals surface area contributed by atoms with Gasteiger partial charge < -0.3 is 25.2 Å². The third-order valence-corrected chi connectivity index (χ3v) is 4.56. The number of carbonyl (C=O) groups excluding carboxylic acids is 2. The lowest BCUT2D eigenvalue weighted by Crippen LogP contribution is -2.51. The minimum atomic E-state index is -3.15. The number of piperazine rings is 1. The first-order valence-electron chi connectivity index (χ1n) is 9.29. The molecule has 0 radical (unpaired) electrons. The largest absolute Gasteiger partial charge is 0.432 e. The van der Waals surface area contributed by atoms with Crippen LogP contribution < -0.4 is 20.3 Å². The SMILES string of the molecule is O=C(NCC(=O)N1CCN(c2ccccc2)CC1)Nc1ccc(OC(F)F)c(F)c1. The summed E-state index contributed by atoms with van der Waals surface area (Å²) in [6.07, 6.45) is 0. The fraction of sp³-hybridized carbons (Fsp3) is 0.300. The predicted molar refractivity (Wildman–Crippen MR) is 105 cm³/mol. The van der Waals surface area contributed by atoms with Crippen LogP contribution in [0.3, 0.4) is 0 Å². The van der Waals surface area contributed by atoms with Gasteiger partial charge in [0.1, 0.15) is 0 Å². The predicted octanol–water partition coefficient (Wildman–Crippen LogP) is 2.90. The van der Waals surface area contributed by atoms with E-state index < -0.39 is 24.2 Å². The Morgan fingerprint density at radius 3 is 2.37 bits per heavy atom. The van der Waals surface area contributed by atoms with Gasteiger partial charge in [-0.1, -0.05) is 18.2 Å². The highest BCUT2D eigenvalue weighted by atomic mass is 19.3. The van der Waals surface area contributed by atoms with Gasteiger partial charge in [-0.05, 0) is 24.3 Å². The number of anilines is 2. The molecule has 0 aromatic heterocycles. The maximum absolute atomic E-state index is 13.7. The minimum absolute atomic E-state index is 0.0375. The summed E-state index contributed by atoms with van der Waals surface area (Å²) in [4.78, 5) is 28.1. The van der Waals surface area contributed by atoms with Crippen LogP contribution in [0.15, 0.2) is 48.5 Å². The van der Waals surface area contributed by atoms with Crippen LogP contribution >= 0.6 is 0 Å². The first-order valence-corrected chi connectivity index (χ1v) is 9.29. The third kappa shape index (κ3) is 5.79. The zero-order chi connectivity index (χ0) is 21.5. The molecule has 0 spiro atoms. The number of hydrogen-bond acceptors (Lipinski definition) is 4. The van der Waals surface area contributed by atoms with Crippen molar-refractivity contribution in [3.05, 3.63) is 54.3 Å². The number of ether oxygens (including phenoxy) is 1. The van der Waals surface area contributed by atoms with E-state index in [1.54, 1.807) is 4.90 Å². The van der Waals surface area contributed by atoms with Crippen molar-refractivity contribution in [2.45, 2.75) is 6.61 Å². The van der Waals surface area contributed by atoms with Crippen molar-refractivity contribution in [2.24, 2.45) is 0 Å². The first-order chi connectivity index (χ1) is 14.4. The van der Waals surface area contributed by atoms with Crippen LogP contribution in [0.2, 0.25) is 0 Å². The van der Waals surface area contributed by atoms with Gasteiger partial charge in [0, 0.05) is 43.6 Å². The zero-order valence-electron chi connectivity index (χ0n) is 16.0. The molecule has 0 atom stereocenters. The van der Waals surface area contributed by atoms with E-state index in [1.807, 2.05) is 30.3 Å². The maximum atomic E-state index is 13.7. The smallest absolute Gasteiger partial charge is 0.387 e. The molecule has 2 aromatic carbocycles. The van der Waals surface area contributed by atoms with E-state index in [-0.39, 0.29) is 18.1 Å². The molecular formula is C20H21F3N4O3. The molecule has 0 bridgehead atoms. The number of carbonyl (C=O) groups is 2. The molecule has 1 aliphatic heterocycles. The number of para-hydroxylation sites is 1. The van der Waals surface area contributed by atoms with E-state index >= 15 is 0 Å². The molecule has 0 saturated carbocycles. The number of hydrogen-bond donors (Lipinski definition) is 2. The molecule has 1 aliphatic rings. The highest BCUT2D eigenvalue weighted by molar-refractivity contribution is 5.92. The van der Waals surface area contributed by atoms with Gasteiger partial charge in [0.2, 0.25) is 5.91 Å². The fourth-order valence-electron chi connectivity index (χ4n) is 3.07. The normalized spacial score (nSPS) is 13.9. The molecule has 3 rings (SSSR count). The summed E-state index contributed by atoms with van der Waals surface area (Å²) in [7, 11) is 0. The molecule has 2 aromatic rings. The van der Waals surface area contributed by atoms with E-state index in [1.165, 1.54) is 6.07 Å². The van der Waals surface area contributed by atoms with Crippen LogP contribution in [0, 0.1) is 5.82 Å². The molecule has 2 N–H and O–H groups in total. The molecule has 1 heterocycles. The van der Waals surface area contributed by atoms with Crippen LogP contribution in [-0.2, 0) is 4.79 Å². The molecule has 30 heavy (non-hydrogen) atoms. The van der Waals surface area contributed by atoms with Crippen molar-refractivity contribution in [2.75, 3.05) is 42.9 Å². The monoisotopic (exact) mass is 422 g/mol. The lowest BCUT2D eigenvalue weighted by molar-refractivity contribution is -0.130. The molecule has 0 unspecified atom stereocenters. The van der Waals surface area contributed by atoms with E-state index in [2.05, 4.69) is 20.3 Å². The Balaban J connectivity index is 1.43. The Kier molecular flexibility index (Phi) is 6.99. The Morgan fingerprint density at radius 1 is 1.03 bits per heavy atom. The second kappa shape index (κ2) is 9.86. The Labute approximate surface area is 171 Å². The van der Waals surface area contributed by atoms with Gasteiger partial charge >= 0.3 is 12.6 Å². The maximum Gasteiger partial charge on any atom is 0.387 e. The number of benzene rings is 2. The van der Waals surface area contributed by atoms with Crippen LogP contribution in [0.5, 0.6) is 5.75 Å². The Bertz CT molecular complexity index is 875. The third-order valence-electron chi connectivity index (χ3n) is 4.56. The van der Waals surface area contributed by atoms with Crippen molar-refractivity contribution in [3.8, 4) is 5.75 Å². The molecule has 1 fully saturated rings. The van der Waals surface area contributed by atoms with Crippen LogP contribution in [-0.4, -0.2) is 56.2 Å². The molecule has 3 amide bonds. The number of rotatable bonds is 6. The van der Waals surface area contributed by atoms with Gasteiger partial charge in [-0.15, -0.1) is 0 Å². The van der Waals surface area contributed by atoms with Crippen molar-refractivity contribution in [1.82, 2.24) is 10.2 Å². The lowest BCUT2D eigenvalue weighted by Gasteiger charge is -2.36. The van der Waals surface area contributed by atoms with Crippen LogP contribution in [0.25, 0.3) is 0 Å². The van der Waals surface area contributed by atoms with E-state index in [9.17, 15) is 22.8 Å². The first kappa shape index (κ1) is 21.3. The molecule has 7 nitrogen and oxygen atoms in total. The number of halogens is 3. The molecule has 0 aliphatic carbocycles. The molecule has 160 valence electrons. The minimum Gasteiger partial charge on any atom is -0.432 e. The average molecular weight is 422 g/mol. The van der Waals surface area contributed by atoms with Crippen LogP contribution in [0.1, 0.15) is 0 Å². The molecule has 10 heteroatoms. The highest BCUT2D eigenvalue weighted by Crippen LogP contribution is 2.22. The van der Waals surface area contributed by atoms with Gasteiger partial charge in [0.15, 0.2) is 11.6 Å². The quantitative estimate of drug-likeness (QED) is 0.751. The van der Waals surface area contributed by atoms with E-state index in [0.29, 0.717) is 26.2 Å². The second-order valence-electron chi connectivity index (χ2n) is 6.53. The summed E-state index contributed by atoms with van der Waals surface area (Å²) in [5.74, 6) is -1.90. The topological polar surface area (TPSA) is 73.9 Å². The number of amides is 3. The van der Waals surface area contributed by atoms with Crippen molar-refractivity contribution in [3.63, 3.8) is 0 Å². The number of nitrogens with zero attached hydrogens (tertiary/aromatic N) is 2. The Hall–Kier alpha value is -3.43. The molecule has 1 saturated heterocycles. The van der Waals surface area contributed by atoms with E-state index in [4.69, 9.17) is 0 Å². The fourth-order valence-corrected chi connectivity index (χ4v) is 3.07. The van der Waals surface area contributed by atoms with Crippen LogP contribution in [0.4, 0.5) is 29.3 Å². The summed E-state index contributed by atoms with van der Waals surface area (Å²) in [6.45, 7) is -0.918. The summed E-state index contributed by atoms with van der Waals surface area (Å²) >= 11 is 0. The second-order valence-corrected chi connectivity index (χ2v) is 6.53. The van der Waals surface area contributed by atoms with E-state index in [0.717, 1.165) is 17.8 Å². The summed E-state index contributed by atoms with van der Waals surface area (Å²) in [5.41, 5.74) is 1.13. The van der Waals surface area contributed by atoms with Gasteiger partial charge in [-0.2, -0.15) is 8.78 Å². The van der Waals surface area contributed by atoms with Gasteiger partial charge in [0.05, 0.1) is 6.54 Å². The number of alkyl halides is 2. The van der Waals surface area contributed by atoms with Gasteiger partial charge in [-0.3, -0.25) is 4.79 Å². The summed E-state index contributed by atoms with van der Waals surface area (Å²) in [6, 6.07) is 12.2. The molecular weight excluding hydrogens is 401 g/mol. The van der Waals surface area contributed by atoms with Crippen molar-refractivity contribution < 1.29 is 27.5 Å². The standard InChI is InChI=1S/C20H21F3N4O3/c21-16-12-14(6-7-17(16)30-19(22)23)25-20(29)24-13-18(28)27-10-8-26(9-11-27)15-4-2-1-3-5-15/h1-7,12,19H,8-11,13H2,(H2,24,25,29). The zero-order valence-corrected chi connectivity index (χ0v) is 16.0. The van der Waals surface area contributed by atoms with Gasteiger partial charge in [0.25, 0.3) is 0 Å². The summed E-state index contributed by atoms with van der Waals surface area (Å²) < 4.78 is 42.0. The average Bonchev–Trinajstić information content (AvgIpc) is 2.74. The Morgan fingerprint density at radius 2 is 1.73 bits per heavy atom. The number of urea groups is 1. The lowest BCUT2D eigenvalue weighted by atomic mass is 10.2. The highest BCUT2D eigenvalue weighted by Gasteiger charge is 2.21. The van der Waals surface area contributed by atoms with Crippen molar-refractivity contribution >= 4 is 23.3 Å². The van der Waals surface area contributed by atoms with Crippen molar-refractivity contribution in [1.29, 1.82) is 0 Å². The van der Waals surface area contributed by atoms with Gasteiger partial charge in [-0.25, -0.2) is 9.18 Å². The number of nitrogens with one attached hydrogen (secondary N) is 2.